The van der Waals surface area contributed by atoms with E-state index in [1.807, 2.05) is 22.6 Å². The molecular weight excluding hydrogens is 442 g/mol. The largest absolute Gasteiger partial charge is 0.460 e. The van der Waals surface area contributed by atoms with Crippen LogP contribution in [-0.4, -0.2) is 29.3 Å². The lowest BCUT2D eigenvalue weighted by atomic mass is 10.2. The predicted molar refractivity (Wildman–Crippen MR) is 98.4 cm³/mol. The number of hydrogen-bond acceptors (Lipinski definition) is 6. The van der Waals surface area contributed by atoms with Crippen LogP contribution in [0.2, 0.25) is 0 Å². The van der Waals surface area contributed by atoms with Gasteiger partial charge in [0, 0.05) is 29.0 Å². The van der Waals surface area contributed by atoms with Crippen LogP contribution in [0, 0.1) is 9.39 Å². The number of furan rings is 1. The van der Waals surface area contributed by atoms with Gasteiger partial charge in [-0.3, -0.25) is 4.98 Å². The summed E-state index contributed by atoms with van der Waals surface area (Å²) >= 11 is 2.01. The summed E-state index contributed by atoms with van der Waals surface area (Å²) in [7, 11) is 0. The molecule has 0 bridgehead atoms. The molecular formula is C17H14FIN2O4. The van der Waals surface area contributed by atoms with Crippen LogP contribution in [0.5, 0.6) is 0 Å². The van der Waals surface area contributed by atoms with Crippen LogP contribution in [-0.2, 0) is 4.74 Å². The fraction of sp³-hybridized carbons (Fsp3) is 0.176. The highest BCUT2D eigenvalue weighted by Gasteiger charge is 2.23. The SMILES string of the molecule is O=C(OCCCO)c1oc2ccncc2c1Nc1ccc(I)cc1F. The quantitative estimate of drug-likeness (QED) is 0.333. The summed E-state index contributed by atoms with van der Waals surface area (Å²) in [6, 6.07) is 6.30. The normalized spacial score (nSPS) is 10.8. The van der Waals surface area contributed by atoms with E-state index in [2.05, 4.69) is 10.3 Å². The first-order valence-electron chi connectivity index (χ1n) is 7.46. The molecule has 2 heterocycles. The number of aliphatic hydroxyl groups is 1. The van der Waals surface area contributed by atoms with E-state index in [1.54, 1.807) is 18.2 Å². The molecule has 6 nitrogen and oxygen atoms in total. The Hall–Kier alpha value is -2.20. The fourth-order valence-corrected chi connectivity index (χ4v) is 2.68. The zero-order valence-electron chi connectivity index (χ0n) is 13.0. The van der Waals surface area contributed by atoms with E-state index < -0.39 is 11.8 Å². The first-order valence-corrected chi connectivity index (χ1v) is 8.54. The number of aromatic nitrogens is 1. The lowest BCUT2D eigenvalue weighted by Crippen LogP contribution is -2.09. The molecule has 2 N–H and O–H groups in total. The molecule has 0 saturated carbocycles. The molecule has 0 unspecified atom stereocenters. The van der Waals surface area contributed by atoms with Crippen LogP contribution in [0.25, 0.3) is 11.0 Å². The summed E-state index contributed by atoms with van der Waals surface area (Å²) in [5.74, 6) is -1.22. The van der Waals surface area contributed by atoms with Gasteiger partial charge in [-0.25, -0.2) is 9.18 Å². The summed E-state index contributed by atoms with van der Waals surface area (Å²) in [5.41, 5.74) is 0.922. The average molecular weight is 456 g/mol. The monoisotopic (exact) mass is 456 g/mol. The lowest BCUT2D eigenvalue weighted by molar-refractivity contribution is 0.0450. The molecule has 0 fully saturated rings. The smallest absolute Gasteiger partial charge is 0.376 e. The number of carbonyl (C=O) groups excluding carboxylic acids is 1. The predicted octanol–water partition coefficient (Wildman–Crippen LogP) is 3.85. The number of nitrogens with zero attached hydrogens (tertiary/aromatic N) is 1. The lowest BCUT2D eigenvalue weighted by Gasteiger charge is -2.08. The van der Waals surface area contributed by atoms with Crippen LogP contribution < -0.4 is 5.32 Å². The van der Waals surface area contributed by atoms with Gasteiger partial charge in [0.2, 0.25) is 5.76 Å². The second kappa shape index (κ2) is 7.79. The van der Waals surface area contributed by atoms with E-state index in [-0.39, 0.29) is 30.3 Å². The van der Waals surface area contributed by atoms with Crippen molar-refractivity contribution in [2.24, 2.45) is 0 Å². The van der Waals surface area contributed by atoms with E-state index in [0.717, 1.165) is 3.57 Å². The maximum Gasteiger partial charge on any atom is 0.376 e. The Labute approximate surface area is 156 Å². The summed E-state index contributed by atoms with van der Waals surface area (Å²) in [4.78, 5) is 16.3. The van der Waals surface area contributed by atoms with Crippen molar-refractivity contribution in [1.82, 2.24) is 4.98 Å². The Bertz CT molecular complexity index is 913. The molecule has 0 aliphatic heterocycles. The summed E-state index contributed by atoms with van der Waals surface area (Å²) in [5, 5.41) is 12.2. The Kier molecular flexibility index (Phi) is 5.49. The van der Waals surface area contributed by atoms with Crippen molar-refractivity contribution in [3.63, 3.8) is 0 Å². The summed E-state index contributed by atoms with van der Waals surface area (Å²) in [6.07, 6.45) is 3.38. The Morgan fingerprint density at radius 3 is 3.00 bits per heavy atom. The summed E-state index contributed by atoms with van der Waals surface area (Å²) < 4.78 is 25.6. The Morgan fingerprint density at radius 2 is 2.24 bits per heavy atom. The highest BCUT2D eigenvalue weighted by molar-refractivity contribution is 14.1. The van der Waals surface area contributed by atoms with Crippen LogP contribution >= 0.6 is 22.6 Å². The number of rotatable bonds is 6. The van der Waals surface area contributed by atoms with E-state index in [9.17, 15) is 9.18 Å². The van der Waals surface area contributed by atoms with Crippen molar-refractivity contribution in [3.05, 3.63) is 51.8 Å². The Morgan fingerprint density at radius 1 is 1.40 bits per heavy atom. The fourth-order valence-electron chi connectivity index (χ4n) is 2.23. The first kappa shape index (κ1) is 17.6. The second-order valence-electron chi connectivity index (χ2n) is 5.14. The zero-order valence-corrected chi connectivity index (χ0v) is 15.1. The number of carbonyl (C=O) groups is 1. The van der Waals surface area contributed by atoms with Crippen molar-refractivity contribution in [2.45, 2.75) is 6.42 Å². The van der Waals surface area contributed by atoms with Crippen molar-refractivity contribution in [3.8, 4) is 0 Å². The van der Waals surface area contributed by atoms with E-state index in [0.29, 0.717) is 17.4 Å². The van der Waals surface area contributed by atoms with Gasteiger partial charge in [0.25, 0.3) is 0 Å². The highest BCUT2D eigenvalue weighted by atomic mass is 127. The average Bonchev–Trinajstić information content (AvgIpc) is 2.96. The van der Waals surface area contributed by atoms with Gasteiger partial charge < -0.3 is 19.6 Å². The van der Waals surface area contributed by atoms with Gasteiger partial charge in [0.1, 0.15) is 17.1 Å². The number of esters is 1. The first-order chi connectivity index (χ1) is 12.1. The van der Waals surface area contributed by atoms with Crippen molar-refractivity contribution in [2.75, 3.05) is 18.5 Å². The van der Waals surface area contributed by atoms with Gasteiger partial charge in [-0.15, -0.1) is 0 Å². The number of fused-ring (bicyclic) bond motifs is 1. The van der Waals surface area contributed by atoms with E-state index >= 15 is 0 Å². The van der Waals surface area contributed by atoms with Crippen LogP contribution in [0.4, 0.5) is 15.8 Å². The molecule has 0 radical (unpaired) electrons. The number of pyridine rings is 1. The molecule has 130 valence electrons. The van der Waals surface area contributed by atoms with Gasteiger partial charge in [0.15, 0.2) is 0 Å². The molecule has 8 heteroatoms. The maximum atomic E-state index is 14.2. The molecule has 0 atom stereocenters. The van der Waals surface area contributed by atoms with Gasteiger partial charge in [0.05, 0.1) is 17.7 Å². The van der Waals surface area contributed by atoms with E-state index in [4.69, 9.17) is 14.3 Å². The number of ether oxygens (including phenoxy) is 1. The zero-order chi connectivity index (χ0) is 17.8. The van der Waals surface area contributed by atoms with Gasteiger partial charge in [-0.2, -0.15) is 0 Å². The van der Waals surface area contributed by atoms with Gasteiger partial charge in [-0.05, 0) is 46.9 Å². The van der Waals surface area contributed by atoms with Gasteiger partial charge >= 0.3 is 5.97 Å². The van der Waals surface area contributed by atoms with Crippen molar-refractivity contribution in [1.29, 1.82) is 0 Å². The third-order valence-corrected chi connectivity index (χ3v) is 4.07. The van der Waals surface area contributed by atoms with Crippen LogP contribution in [0.3, 0.4) is 0 Å². The molecule has 25 heavy (non-hydrogen) atoms. The third-order valence-electron chi connectivity index (χ3n) is 3.40. The molecule has 0 amide bonds. The van der Waals surface area contributed by atoms with Gasteiger partial charge in [-0.1, -0.05) is 0 Å². The standard InChI is InChI=1S/C17H14FIN2O4/c18-12-8-10(19)2-3-13(12)21-15-11-9-20-5-4-14(11)25-16(15)17(23)24-7-1-6-22/h2-5,8-9,21-22H,1,6-7H2. The summed E-state index contributed by atoms with van der Waals surface area (Å²) in [6.45, 7) is -0.0295. The van der Waals surface area contributed by atoms with Crippen molar-refractivity contribution < 1.29 is 23.4 Å². The highest BCUT2D eigenvalue weighted by Crippen LogP contribution is 2.34. The maximum absolute atomic E-state index is 14.2. The number of aliphatic hydroxyl groups excluding tert-OH is 1. The molecule has 1 aromatic carbocycles. The molecule has 0 spiro atoms. The topological polar surface area (TPSA) is 84.6 Å². The minimum absolute atomic E-state index is 0.0575. The van der Waals surface area contributed by atoms with Crippen LogP contribution in [0.15, 0.2) is 41.1 Å². The number of hydrogen-bond donors (Lipinski definition) is 2. The number of nitrogens with one attached hydrogen (secondary N) is 1. The molecule has 0 aliphatic carbocycles. The Balaban J connectivity index is 1.99. The number of halogens is 2. The van der Waals surface area contributed by atoms with Crippen molar-refractivity contribution >= 4 is 50.9 Å². The van der Waals surface area contributed by atoms with E-state index in [1.165, 1.54) is 18.5 Å². The van der Waals surface area contributed by atoms with Crippen LogP contribution in [0.1, 0.15) is 17.0 Å². The molecule has 0 aliphatic rings. The molecule has 3 aromatic rings. The molecule has 0 saturated heterocycles. The minimum Gasteiger partial charge on any atom is -0.460 e. The molecule has 2 aromatic heterocycles. The number of benzene rings is 1. The third kappa shape index (κ3) is 3.90. The number of anilines is 2. The minimum atomic E-state index is -0.696. The molecule has 3 rings (SSSR count). The second-order valence-corrected chi connectivity index (χ2v) is 6.39.